The second kappa shape index (κ2) is 18.9. The number of guanidine groups is 1. The molecule has 1 aromatic heterocycles. The van der Waals surface area contributed by atoms with Crippen molar-refractivity contribution in [2.75, 3.05) is 18.4 Å². The van der Waals surface area contributed by atoms with E-state index >= 15 is 0 Å². The van der Waals surface area contributed by atoms with Crippen LogP contribution in [0.1, 0.15) is 74.7 Å². The van der Waals surface area contributed by atoms with E-state index in [1.807, 2.05) is 44.2 Å². The highest BCUT2D eigenvalue weighted by molar-refractivity contribution is 6.09. The molecule has 0 radical (unpaired) electrons. The summed E-state index contributed by atoms with van der Waals surface area (Å²) in [6.07, 6.45) is 0.250. The number of aromatic nitrogens is 1. The van der Waals surface area contributed by atoms with Crippen LogP contribution in [0.25, 0.3) is 21.8 Å². The summed E-state index contributed by atoms with van der Waals surface area (Å²) in [5.41, 5.74) is 13.0. The van der Waals surface area contributed by atoms with E-state index < -0.39 is 60.0 Å². The smallest absolute Gasteiger partial charge is 0.408 e. The Morgan fingerprint density at radius 1 is 0.868 bits per heavy atom. The highest BCUT2D eigenvalue weighted by Crippen LogP contribution is 2.31. The van der Waals surface area contributed by atoms with Gasteiger partial charge in [-0.25, -0.2) is 4.79 Å². The fourth-order valence-electron chi connectivity index (χ4n) is 5.95. The Labute approximate surface area is 311 Å². The maximum atomic E-state index is 13.5. The number of ether oxygens (including phenoxy) is 1. The third-order valence-electron chi connectivity index (χ3n) is 8.34. The highest BCUT2D eigenvalue weighted by atomic mass is 16.6. The molecule has 3 atom stereocenters. The molecule has 0 aliphatic carbocycles. The third-order valence-corrected chi connectivity index (χ3v) is 8.34. The first kappa shape index (κ1) is 42.1. The number of hydrogen-bond acceptors (Lipinski definition) is 8. The van der Waals surface area contributed by atoms with E-state index in [1.54, 1.807) is 34.6 Å². The molecule has 3 aromatic rings. The Kier molecular flexibility index (Phi) is 15.0. The lowest BCUT2D eigenvalue weighted by molar-refractivity contribution is -0.133. The summed E-state index contributed by atoms with van der Waals surface area (Å²) < 4.78 is 7.53. The summed E-state index contributed by atoms with van der Waals surface area (Å²) in [5.74, 6) is -2.89. The zero-order valence-corrected chi connectivity index (χ0v) is 32.2. The zero-order valence-electron chi connectivity index (χ0n) is 32.2. The molecule has 0 bridgehead atoms. The van der Waals surface area contributed by atoms with Crippen LogP contribution in [0.2, 0.25) is 0 Å². The Balaban J connectivity index is 1.70. The Bertz CT molecular complexity index is 1790. The summed E-state index contributed by atoms with van der Waals surface area (Å²) in [6, 6.07) is 11.2. The van der Waals surface area contributed by atoms with Crippen molar-refractivity contribution in [3.63, 3.8) is 0 Å². The van der Waals surface area contributed by atoms with Crippen LogP contribution < -0.4 is 38.1 Å². The van der Waals surface area contributed by atoms with Crippen LogP contribution in [0, 0.1) is 11.8 Å². The van der Waals surface area contributed by atoms with Crippen LogP contribution >= 0.6 is 0 Å². The van der Waals surface area contributed by atoms with Gasteiger partial charge in [0.25, 0.3) is 0 Å². The number of carbonyl (C=O) groups excluding carboxylic acids is 5. The summed E-state index contributed by atoms with van der Waals surface area (Å²) in [5, 5.41) is 15.6. The Morgan fingerprint density at radius 3 is 2.17 bits per heavy atom. The van der Waals surface area contributed by atoms with Crippen LogP contribution in [0.15, 0.2) is 47.5 Å². The molecule has 0 aliphatic rings. The van der Waals surface area contributed by atoms with Crippen molar-refractivity contribution in [3.05, 3.63) is 42.5 Å². The minimum atomic E-state index is -1.01. The monoisotopic (exact) mass is 735 g/mol. The standard InChI is InChI=1S/C38H57N9O6/c1-9-47-29-15-11-10-13-25(29)26-20-24(16-17-30(26)47)43-27(14-12-18-41-36(39)40)34(50)45-31(48)21-42-33(49)28(19-22(2)3)44-35(51)32(23(4)5)46-37(52)53-38(6,7)8/h10-11,13,15-17,20,22-23,27-28,32,43H,9,12,14,18-19,21H2,1-8H3,(H,42,49)(H,44,51)(H,46,52)(H4,39,40,41)(H,45,48,50)/t27-,28-,32-/m0/s1. The van der Waals surface area contributed by atoms with E-state index in [-0.39, 0.29) is 30.8 Å². The van der Waals surface area contributed by atoms with Crippen LogP contribution in [-0.4, -0.2) is 77.1 Å². The lowest BCUT2D eigenvalue weighted by Crippen LogP contribution is -2.56. The molecule has 0 aliphatic heterocycles. The average molecular weight is 736 g/mol. The van der Waals surface area contributed by atoms with E-state index in [9.17, 15) is 24.0 Å². The minimum absolute atomic E-state index is 0.00120. The summed E-state index contributed by atoms with van der Waals surface area (Å²) in [4.78, 5) is 69.5. The maximum Gasteiger partial charge on any atom is 0.408 e. The number of alkyl carbamates (subject to hydrolysis) is 1. The molecule has 9 N–H and O–H groups in total. The summed E-state index contributed by atoms with van der Waals surface area (Å²) in [6.45, 7) is 15.1. The second-order valence-electron chi connectivity index (χ2n) is 14.8. The van der Waals surface area contributed by atoms with Crippen LogP contribution in [0.3, 0.4) is 0 Å². The van der Waals surface area contributed by atoms with Gasteiger partial charge in [0.1, 0.15) is 23.7 Å². The molecule has 0 saturated carbocycles. The van der Waals surface area contributed by atoms with Gasteiger partial charge in [0.05, 0.1) is 6.54 Å². The van der Waals surface area contributed by atoms with Crippen LogP contribution in [0.4, 0.5) is 10.5 Å². The number of amides is 5. The van der Waals surface area contributed by atoms with Gasteiger partial charge in [0.2, 0.25) is 23.6 Å². The van der Waals surface area contributed by atoms with Gasteiger partial charge >= 0.3 is 6.09 Å². The molecule has 0 spiro atoms. The van der Waals surface area contributed by atoms with E-state index in [2.05, 4.69) is 55.2 Å². The molecule has 15 heteroatoms. The van der Waals surface area contributed by atoms with Gasteiger partial charge in [-0.1, -0.05) is 45.9 Å². The number of carbonyl (C=O) groups is 5. The van der Waals surface area contributed by atoms with E-state index in [4.69, 9.17) is 16.2 Å². The van der Waals surface area contributed by atoms with Gasteiger partial charge in [-0.2, -0.15) is 0 Å². The van der Waals surface area contributed by atoms with Gasteiger partial charge in [-0.3, -0.25) is 29.5 Å². The van der Waals surface area contributed by atoms with E-state index in [0.717, 1.165) is 28.4 Å². The first-order valence-electron chi connectivity index (χ1n) is 18.1. The number of hydrogen-bond donors (Lipinski definition) is 7. The molecule has 3 rings (SSSR count). The van der Waals surface area contributed by atoms with E-state index in [1.165, 1.54) is 0 Å². The molecule has 0 unspecified atom stereocenters. The highest BCUT2D eigenvalue weighted by Gasteiger charge is 2.31. The predicted molar refractivity (Wildman–Crippen MR) is 208 cm³/mol. The molecule has 15 nitrogen and oxygen atoms in total. The SMILES string of the molecule is CCn1c2ccccc2c2cc(N[C@@H](CCCN=C(N)N)C(=O)NC(=O)CNC(=O)[C@H](CC(C)C)NC(=O)[C@@H](NC(=O)OC(C)(C)C)C(C)C)ccc21. The number of aliphatic imine (C=N–C) groups is 1. The number of rotatable bonds is 17. The lowest BCUT2D eigenvalue weighted by atomic mass is 10.00. The Hall–Kier alpha value is -5.34. The van der Waals surface area contributed by atoms with Gasteiger partial charge in [-0.05, 0) is 83.1 Å². The molecular weight excluding hydrogens is 678 g/mol. The number of nitrogens with zero attached hydrogens (tertiary/aromatic N) is 2. The lowest BCUT2D eigenvalue weighted by Gasteiger charge is -2.27. The fourth-order valence-corrected chi connectivity index (χ4v) is 5.95. The number of nitrogens with two attached hydrogens (primary N) is 2. The van der Waals surface area contributed by atoms with Crippen molar-refractivity contribution in [1.29, 1.82) is 0 Å². The van der Waals surface area contributed by atoms with Crippen molar-refractivity contribution >= 4 is 63.2 Å². The molecule has 5 amide bonds. The van der Waals surface area contributed by atoms with E-state index in [0.29, 0.717) is 18.5 Å². The number of benzene rings is 2. The minimum Gasteiger partial charge on any atom is -0.444 e. The van der Waals surface area contributed by atoms with Crippen molar-refractivity contribution in [1.82, 2.24) is 25.8 Å². The van der Waals surface area contributed by atoms with Crippen molar-refractivity contribution in [2.24, 2.45) is 28.3 Å². The molecular formula is C38H57N9O6. The predicted octanol–water partition coefficient (Wildman–Crippen LogP) is 3.49. The average Bonchev–Trinajstić information content (AvgIpc) is 3.38. The second-order valence-corrected chi connectivity index (χ2v) is 14.8. The van der Waals surface area contributed by atoms with Crippen molar-refractivity contribution in [3.8, 4) is 0 Å². The first-order valence-corrected chi connectivity index (χ1v) is 18.1. The van der Waals surface area contributed by atoms with Gasteiger partial charge < -0.3 is 42.0 Å². The molecule has 0 fully saturated rings. The number of para-hydroxylation sites is 1. The van der Waals surface area contributed by atoms with Gasteiger partial charge in [-0.15, -0.1) is 0 Å². The number of anilines is 1. The zero-order chi connectivity index (χ0) is 39.5. The van der Waals surface area contributed by atoms with Crippen molar-refractivity contribution in [2.45, 2.75) is 105 Å². The normalized spacial score (nSPS) is 13.2. The molecule has 2 aromatic carbocycles. The van der Waals surface area contributed by atoms with Crippen molar-refractivity contribution < 1.29 is 28.7 Å². The largest absolute Gasteiger partial charge is 0.444 e. The molecule has 290 valence electrons. The van der Waals surface area contributed by atoms with Crippen LogP contribution in [0.5, 0.6) is 0 Å². The molecule has 0 saturated heterocycles. The van der Waals surface area contributed by atoms with Gasteiger partial charge in [0, 0.05) is 40.6 Å². The maximum absolute atomic E-state index is 13.5. The number of imide groups is 1. The topological polar surface area (TPSA) is 224 Å². The Morgan fingerprint density at radius 2 is 1.55 bits per heavy atom. The number of aryl methyl sites for hydroxylation is 1. The third kappa shape index (κ3) is 12.7. The summed E-state index contributed by atoms with van der Waals surface area (Å²) >= 11 is 0. The summed E-state index contributed by atoms with van der Waals surface area (Å²) in [7, 11) is 0. The number of nitrogens with one attached hydrogen (secondary N) is 5. The number of fused-ring (bicyclic) bond motifs is 3. The molecule has 53 heavy (non-hydrogen) atoms. The van der Waals surface area contributed by atoms with Gasteiger partial charge in [0.15, 0.2) is 5.96 Å². The quantitative estimate of drug-likeness (QED) is 0.0611. The molecule has 1 heterocycles. The first-order chi connectivity index (χ1) is 24.9. The fraction of sp³-hybridized carbons (Fsp3) is 0.526. The van der Waals surface area contributed by atoms with Crippen LogP contribution in [-0.2, 0) is 30.5 Å².